The van der Waals surface area contributed by atoms with Crippen LogP contribution in [0.15, 0.2) is 36.7 Å². The number of aryl methyl sites for hydroxylation is 1. The minimum absolute atomic E-state index is 0.193. The zero-order valence-electron chi connectivity index (χ0n) is 14.9. The van der Waals surface area contributed by atoms with E-state index in [0.717, 1.165) is 31.0 Å². The predicted octanol–water partition coefficient (Wildman–Crippen LogP) is 4.06. The fourth-order valence-electron chi connectivity index (χ4n) is 3.10. The lowest BCUT2D eigenvalue weighted by atomic mass is 10.1. The van der Waals surface area contributed by atoms with Crippen LogP contribution >= 0.6 is 0 Å². The second-order valence-electron chi connectivity index (χ2n) is 6.56. The fourth-order valence-corrected chi connectivity index (χ4v) is 3.10. The highest BCUT2D eigenvalue weighted by atomic mass is 16.1. The molecule has 1 aliphatic rings. The maximum absolute atomic E-state index is 12.5. The van der Waals surface area contributed by atoms with Crippen molar-refractivity contribution < 1.29 is 4.79 Å². The number of carbonyl (C=O) groups is 1. The maximum Gasteiger partial charge on any atom is 0.274 e. The topological polar surface area (TPSA) is 58.1 Å². The van der Waals surface area contributed by atoms with E-state index < -0.39 is 0 Å². The molecular formula is C20H26N4O. The Hall–Kier alpha value is -2.43. The number of carbonyl (C=O) groups excluding carboxylic acids is 1. The van der Waals surface area contributed by atoms with Crippen molar-refractivity contribution in [3.8, 4) is 0 Å². The van der Waals surface area contributed by atoms with Crippen molar-refractivity contribution in [2.45, 2.75) is 45.4 Å². The van der Waals surface area contributed by atoms with Crippen molar-refractivity contribution >= 4 is 17.4 Å². The largest absolute Gasteiger partial charge is 0.357 e. The van der Waals surface area contributed by atoms with Gasteiger partial charge in [-0.25, -0.2) is 9.97 Å². The summed E-state index contributed by atoms with van der Waals surface area (Å²) in [6.07, 6.45) is 8.55. The van der Waals surface area contributed by atoms with Gasteiger partial charge in [0.25, 0.3) is 5.91 Å². The van der Waals surface area contributed by atoms with E-state index in [1.807, 2.05) is 12.1 Å². The van der Waals surface area contributed by atoms with Crippen molar-refractivity contribution in [3.05, 3.63) is 47.9 Å². The number of hydrogen-bond acceptors (Lipinski definition) is 4. The summed E-state index contributed by atoms with van der Waals surface area (Å²) in [4.78, 5) is 23.2. The second-order valence-corrected chi connectivity index (χ2v) is 6.56. The number of nitrogens with zero attached hydrogens (tertiary/aromatic N) is 3. The van der Waals surface area contributed by atoms with Crippen molar-refractivity contribution in [2.75, 3.05) is 23.3 Å². The molecular weight excluding hydrogens is 312 g/mol. The van der Waals surface area contributed by atoms with E-state index in [-0.39, 0.29) is 5.91 Å². The van der Waals surface area contributed by atoms with Gasteiger partial charge in [0.2, 0.25) is 0 Å². The average molecular weight is 338 g/mol. The molecule has 1 fully saturated rings. The van der Waals surface area contributed by atoms with Crippen LogP contribution in [0, 0.1) is 0 Å². The lowest BCUT2D eigenvalue weighted by Gasteiger charge is -2.27. The summed E-state index contributed by atoms with van der Waals surface area (Å²) in [6, 6.07) is 9.84. The molecule has 2 aromatic rings. The first kappa shape index (κ1) is 17.4. The van der Waals surface area contributed by atoms with Gasteiger partial charge in [0, 0.05) is 24.8 Å². The number of piperidine rings is 1. The van der Waals surface area contributed by atoms with Crippen LogP contribution in [0.2, 0.25) is 0 Å². The first-order valence-corrected chi connectivity index (χ1v) is 9.23. The molecule has 0 radical (unpaired) electrons. The Morgan fingerprint density at radius 3 is 2.60 bits per heavy atom. The van der Waals surface area contributed by atoms with Crippen LogP contribution in [0.4, 0.5) is 11.5 Å². The number of unbranched alkanes of at least 4 members (excludes halogenated alkanes) is 1. The van der Waals surface area contributed by atoms with Crippen molar-refractivity contribution in [1.29, 1.82) is 0 Å². The number of nitrogens with one attached hydrogen (secondary N) is 1. The van der Waals surface area contributed by atoms with E-state index in [1.54, 1.807) is 6.07 Å². The highest BCUT2D eigenvalue weighted by Crippen LogP contribution is 2.18. The molecule has 0 saturated carbocycles. The Morgan fingerprint density at radius 2 is 1.88 bits per heavy atom. The first-order chi connectivity index (χ1) is 12.3. The number of rotatable bonds is 6. The van der Waals surface area contributed by atoms with Gasteiger partial charge in [0.1, 0.15) is 17.8 Å². The Kier molecular flexibility index (Phi) is 5.99. The molecule has 0 unspecified atom stereocenters. The highest BCUT2D eigenvalue weighted by molar-refractivity contribution is 6.03. The van der Waals surface area contributed by atoms with Gasteiger partial charge in [0.15, 0.2) is 0 Å². The molecule has 5 nitrogen and oxygen atoms in total. The van der Waals surface area contributed by atoms with Crippen molar-refractivity contribution in [1.82, 2.24) is 9.97 Å². The van der Waals surface area contributed by atoms with Gasteiger partial charge >= 0.3 is 0 Å². The van der Waals surface area contributed by atoms with E-state index in [9.17, 15) is 4.79 Å². The van der Waals surface area contributed by atoms with Crippen LogP contribution in [0.1, 0.15) is 55.1 Å². The Balaban J connectivity index is 1.64. The molecule has 1 aromatic carbocycles. The molecule has 1 aromatic heterocycles. The molecule has 1 N–H and O–H groups in total. The molecule has 1 aliphatic heterocycles. The zero-order chi connectivity index (χ0) is 17.5. The quantitative estimate of drug-likeness (QED) is 0.863. The van der Waals surface area contributed by atoms with Gasteiger partial charge in [-0.15, -0.1) is 0 Å². The lowest BCUT2D eigenvalue weighted by Crippen LogP contribution is -2.30. The molecule has 1 amide bonds. The SMILES string of the molecule is CCCCc1ccc(NC(=O)c2cc(N3CCCCC3)ncn2)cc1. The minimum atomic E-state index is -0.193. The van der Waals surface area contributed by atoms with Crippen LogP contribution in [0.25, 0.3) is 0 Å². The highest BCUT2D eigenvalue weighted by Gasteiger charge is 2.15. The van der Waals surface area contributed by atoms with Gasteiger partial charge < -0.3 is 10.2 Å². The van der Waals surface area contributed by atoms with Gasteiger partial charge in [-0.3, -0.25) is 4.79 Å². The molecule has 3 rings (SSSR count). The predicted molar refractivity (Wildman–Crippen MR) is 101 cm³/mol. The molecule has 2 heterocycles. The molecule has 0 atom stereocenters. The fraction of sp³-hybridized carbons (Fsp3) is 0.450. The van der Waals surface area contributed by atoms with Crippen molar-refractivity contribution in [3.63, 3.8) is 0 Å². The first-order valence-electron chi connectivity index (χ1n) is 9.23. The van der Waals surface area contributed by atoms with E-state index in [1.165, 1.54) is 44.0 Å². The molecule has 0 aliphatic carbocycles. The van der Waals surface area contributed by atoms with Crippen LogP contribution in [0.5, 0.6) is 0 Å². The van der Waals surface area contributed by atoms with Crippen LogP contribution < -0.4 is 10.2 Å². The van der Waals surface area contributed by atoms with E-state index in [4.69, 9.17) is 0 Å². The molecule has 0 bridgehead atoms. The monoisotopic (exact) mass is 338 g/mol. The summed E-state index contributed by atoms with van der Waals surface area (Å²) in [6.45, 7) is 4.18. The summed E-state index contributed by atoms with van der Waals surface area (Å²) < 4.78 is 0. The molecule has 1 saturated heterocycles. The Morgan fingerprint density at radius 1 is 1.12 bits per heavy atom. The van der Waals surface area contributed by atoms with Gasteiger partial charge in [-0.1, -0.05) is 25.5 Å². The normalized spacial score (nSPS) is 14.4. The molecule has 5 heteroatoms. The second kappa shape index (κ2) is 8.60. The standard InChI is InChI=1S/C20H26N4O/c1-2-3-7-16-8-10-17(11-9-16)23-20(25)18-14-19(22-15-21-18)24-12-5-4-6-13-24/h8-11,14-15H,2-7,12-13H2,1H3,(H,23,25). The number of amides is 1. The van der Waals surface area contributed by atoms with Gasteiger partial charge in [-0.05, 0) is 49.8 Å². The van der Waals surface area contributed by atoms with E-state index >= 15 is 0 Å². The number of benzene rings is 1. The third-order valence-electron chi connectivity index (χ3n) is 4.60. The maximum atomic E-state index is 12.5. The minimum Gasteiger partial charge on any atom is -0.357 e. The zero-order valence-corrected chi connectivity index (χ0v) is 14.9. The summed E-state index contributed by atoms with van der Waals surface area (Å²) in [5, 5.41) is 2.92. The summed E-state index contributed by atoms with van der Waals surface area (Å²) in [5.74, 6) is 0.650. The Labute approximate surface area is 149 Å². The third-order valence-corrected chi connectivity index (χ3v) is 4.60. The molecule has 0 spiro atoms. The smallest absolute Gasteiger partial charge is 0.274 e. The lowest BCUT2D eigenvalue weighted by molar-refractivity contribution is 0.102. The number of aromatic nitrogens is 2. The van der Waals surface area contributed by atoms with Gasteiger partial charge in [-0.2, -0.15) is 0 Å². The average Bonchev–Trinajstić information content (AvgIpc) is 2.68. The summed E-state index contributed by atoms with van der Waals surface area (Å²) >= 11 is 0. The number of anilines is 2. The number of hydrogen-bond donors (Lipinski definition) is 1. The summed E-state index contributed by atoms with van der Waals surface area (Å²) in [5.41, 5.74) is 2.50. The van der Waals surface area contributed by atoms with E-state index in [0.29, 0.717) is 5.69 Å². The van der Waals surface area contributed by atoms with Crippen LogP contribution in [-0.4, -0.2) is 29.0 Å². The molecule has 25 heavy (non-hydrogen) atoms. The molecule has 132 valence electrons. The third kappa shape index (κ3) is 4.78. The van der Waals surface area contributed by atoms with Gasteiger partial charge in [0.05, 0.1) is 0 Å². The van der Waals surface area contributed by atoms with Crippen molar-refractivity contribution in [2.24, 2.45) is 0 Å². The van der Waals surface area contributed by atoms with Crippen LogP contribution in [0.3, 0.4) is 0 Å². The van der Waals surface area contributed by atoms with Crippen LogP contribution in [-0.2, 0) is 6.42 Å². The Bertz CT molecular complexity index is 693. The van der Waals surface area contributed by atoms with E-state index in [2.05, 4.69) is 39.2 Å². The summed E-state index contributed by atoms with van der Waals surface area (Å²) in [7, 11) is 0.